The van der Waals surface area contributed by atoms with Crippen molar-refractivity contribution in [2.45, 2.75) is 26.3 Å². The molecule has 0 saturated heterocycles. The van der Waals surface area contributed by atoms with Crippen LogP contribution in [0.3, 0.4) is 0 Å². The summed E-state index contributed by atoms with van der Waals surface area (Å²) >= 11 is 0. The maximum atomic E-state index is 12.9. The molecule has 2 aromatic carbocycles. The SMILES string of the molecule is CC(C)CC(NC(=O)c1ccc(-n2cnnn2)cc1)c1nc2ccccc2n1C. The molecule has 8 heteroatoms. The van der Waals surface area contributed by atoms with Crippen LogP contribution >= 0.6 is 0 Å². The number of hydrogen-bond donors (Lipinski definition) is 1. The van der Waals surface area contributed by atoms with Crippen molar-refractivity contribution in [3.8, 4) is 5.69 Å². The maximum Gasteiger partial charge on any atom is 0.251 e. The molecule has 2 heterocycles. The van der Waals surface area contributed by atoms with E-state index in [0.717, 1.165) is 29.0 Å². The Labute approximate surface area is 168 Å². The van der Waals surface area contributed by atoms with E-state index < -0.39 is 0 Å². The Morgan fingerprint density at radius 3 is 2.52 bits per heavy atom. The fourth-order valence-electron chi connectivity index (χ4n) is 3.46. The van der Waals surface area contributed by atoms with Crippen molar-refractivity contribution in [3.63, 3.8) is 0 Å². The summed E-state index contributed by atoms with van der Waals surface area (Å²) in [6, 6.07) is 15.0. The van der Waals surface area contributed by atoms with Gasteiger partial charge in [-0.15, -0.1) is 5.10 Å². The molecule has 0 saturated carbocycles. The molecule has 0 aliphatic rings. The molecular formula is C21H23N7O. The first-order chi connectivity index (χ1) is 14.0. The summed E-state index contributed by atoms with van der Waals surface area (Å²) < 4.78 is 3.60. The van der Waals surface area contributed by atoms with Gasteiger partial charge in [0.05, 0.1) is 22.8 Å². The number of carbonyl (C=O) groups is 1. The summed E-state index contributed by atoms with van der Waals surface area (Å²) in [6.07, 6.45) is 2.31. The lowest BCUT2D eigenvalue weighted by Gasteiger charge is -2.20. The Morgan fingerprint density at radius 2 is 1.86 bits per heavy atom. The highest BCUT2D eigenvalue weighted by Crippen LogP contribution is 2.25. The molecule has 8 nitrogen and oxygen atoms in total. The Balaban J connectivity index is 1.59. The lowest BCUT2D eigenvalue weighted by atomic mass is 10.0. The van der Waals surface area contributed by atoms with E-state index in [1.807, 2.05) is 43.4 Å². The number of nitrogens with zero attached hydrogens (tertiary/aromatic N) is 6. The van der Waals surface area contributed by atoms with Gasteiger partial charge in [-0.3, -0.25) is 4.79 Å². The molecule has 1 amide bonds. The average molecular weight is 389 g/mol. The molecule has 1 unspecified atom stereocenters. The summed E-state index contributed by atoms with van der Waals surface area (Å²) in [6.45, 7) is 4.28. The highest BCUT2D eigenvalue weighted by atomic mass is 16.1. The van der Waals surface area contributed by atoms with Gasteiger partial charge in [-0.2, -0.15) is 0 Å². The second-order valence-corrected chi connectivity index (χ2v) is 7.47. The normalized spacial score (nSPS) is 12.4. The number of aryl methyl sites for hydroxylation is 1. The van der Waals surface area contributed by atoms with Crippen LogP contribution in [0.25, 0.3) is 16.7 Å². The first-order valence-electron chi connectivity index (χ1n) is 9.58. The summed E-state index contributed by atoms with van der Waals surface area (Å²) in [7, 11) is 1.99. The van der Waals surface area contributed by atoms with Gasteiger partial charge in [-0.1, -0.05) is 26.0 Å². The van der Waals surface area contributed by atoms with Crippen molar-refractivity contribution >= 4 is 16.9 Å². The number of fused-ring (bicyclic) bond motifs is 1. The van der Waals surface area contributed by atoms with Gasteiger partial charge in [-0.05, 0) is 59.2 Å². The second-order valence-electron chi connectivity index (χ2n) is 7.47. The van der Waals surface area contributed by atoms with E-state index in [4.69, 9.17) is 4.98 Å². The predicted molar refractivity (Wildman–Crippen MR) is 110 cm³/mol. The summed E-state index contributed by atoms with van der Waals surface area (Å²) in [5, 5.41) is 14.3. The molecular weight excluding hydrogens is 366 g/mol. The van der Waals surface area contributed by atoms with Crippen molar-refractivity contribution in [1.29, 1.82) is 0 Å². The first-order valence-corrected chi connectivity index (χ1v) is 9.58. The molecule has 0 aliphatic carbocycles. The number of amides is 1. The molecule has 0 bridgehead atoms. The van der Waals surface area contributed by atoms with Gasteiger partial charge >= 0.3 is 0 Å². The van der Waals surface area contributed by atoms with Gasteiger partial charge in [0.1, 0.15) is 12.2 Å². The van der Waals surface area contributed by atoms with E-state index in [-0.39, 0.29) is 11.9 Å². The number of imidazole rings is 1. The van der Waals surface area contributed by atoms with E-state index in [9.17, 15) is 4.79 Å². The molecule has 1 atom stereocenters. The van der Waals surface area contributed by atoms with E-state index in [2.05, 4.69) is 39.3 Å². The third-order valence-electron chi connectivity index (χ3n) is 4.89. The highest BCUT2D eigenvalue weighted by molar-refractivity contribution is 5.94. The van der Waals surface area contributed by atoms with E-state index in [0.29, 0.717) is 11.5 Å². The fourth-order valence-corrected chi connectivity index (χ4v) is 3.46. The predicted octanol–water partition coefficient (Wildman–Crippen LogP) is 3.07. The Hall–Kier alpha value is -3.55. The van der Waals surface area contributed by atoms with Crippen molar-refractivity contribution in [2.24, 2.45) is 13.0 Å². The van der Waals surface area contributed by atoms with Crippen LogP contribution in [0.4, 0.5) is 0 Å². The Morgan fingerprint density at radius 1 is 1.10 bits per heavy atom. The maximum absolute atomic E-state index is 12.9. The number of tetrazole rings is 1. The number of aromatic nitrogens is 6. The molecule has 29 heavy (non-hydrogen) atoms. The topological polar surface area (TPSA) is 90.5 Å². The van der Waals surface area contributed by atoms with Crippen molar-refractivity contribution < 1.29 is 4.79 Å². The molecule has 2 aromatic heterocycles. The van der Waals surface area contributed by atoms with Crippen LogP contribution in [0, 0.1) is 5.92 Å². The van der Waals surface area contributed by atoms with Gasteiger partial charge in [0.15, 0.2) is 0 Å². The summed E-state index contributed by atoms with van der Waals surface area (Å²) in [4.78, 5) is 17.7. The summed E-state index contributed by atoms with van der Waals surface area (Å²) in [5.41, 5.74) is 3.35. The zero-order chi connectivity index (χ0) is 20.4. The number of rotatable bonds is 6. The average Bonchev–Trinajstić information content (AvgIpc) is 3.36. The standard InChI is InChI=1S/C21H23N7O/c1-14(2)12-18(20-23-17-6-4-5-7-19(17)27(20)3)24-21(29)15-8-10-16(11-9-15)28-13-22-25-26-28/h4-11,13-14,18H,12H2,1-3H3,(H,24,29). The zero-order valence-corrected chi connectivity index (χ0v) is 16.6. The second kappa shape index (κ2) is 7.83. The van der Waals surface area contributed by atoms with E-state index in [1.165, 1.54) is 6.33 Å². The number of nitrogens with one attached hydrogen (secondary N) is 1. The molecule has 0 aliphatic heterocycles. The van der Waals surface area contributed by atoms with E-state index >= 15 is 0 Å². The molecule has 0 fully saturated rings. The lowest BCUT2D eigenvalue weighted by molar-refractivity contribution is 0.0929. The van der Waals surface area contributed by atoms with Crippen molar-refractivity contribution in [1.82, 2.24) is 35.1 Å². The molecule has 0 spiro atoms. The van der Waals surface area contributed by atoms with Crippen molar-refractivity contribution in [2.75, 3.05) is 0 Å². The Kier molecular flexibility index (Phi) is 5.07. The minimum absolute atomic E-state index is 0.133. The van der Waals surface area contributed by atoms with Gasteiger partial charge in [0.2, 0.25) is 0 Å². The van der Waals surface area contributed by atoms with Gasteiger partial charge < -0.3 is 9.88 Å². The number of hydrogen-bond acceptors (Lipinski definition) is 5. The van der Waals surface area contributed by atoms with Crippen LogP contribution < -0.4 is 5.32 Å². The third kappa shape index (κ3) is 3.87. The van der Waals surface area contributed by atoms with Gasteiger partial charge in [0, 0.05) is 12.6 Å². The Bertz CT molecular complexity index is 1110. The van der Waals surface area contributed by atoms with Crippen LogP contribution in [-0.4, -0.2) is 35.7 Å². The van der Waals surface area contributed by atoms with Gasteiger partial charge in [-0.25, -0.2) is 9.67 Å². The third-order valence-corrected chi connectivity index (χ3v) is 4.89. The monoisotopic (exact) mass is 389 g/mol. The number of para-hydroxylation sites is 2. The molecule has 4 rings (SSSR count). The first kappa shape index (κ1) is 18.8. The number of benzene rings is 2. The molecule has 1 N–H and O–H groups in total. The number of carbonyl (C=O) groups excluding carboxylic acids is 1. The van der Waals surface area contributed by atoms with Crippen molar-refractivity contribution in [3.05, 3.63) is 66.2 Å². The molecule has 0 radical (unpaired) electrons. The fraction of sp³-hybridized carbons (Fsp3) is 0.286. The van der Waals surface area contributed by atoms with E-state index in [1.54, 1.807) is 16.8 Å². The highest BCUT2D eigenvalue weighted by Gasteiger charge is 2.22. The van der Waals surface area contributed by atoms with Crippen LogP contribution in [0.5, 0.6) is 0 Å². The quantitative estimate of drug-likeness (QED) is 0.547. The van der Waals surface area contributed by atoms with Crippen LogP contribution in [0.2, 0.25) is 0 Å². The smallest absolute Gasteiger partial charge is 0.251 e. The minimum atomic E-state index is -0.181. The lowest BCUT2D eigenvalue weighted by Crippen LogP contribution is -2.31. The molecule has 4 aromatic rings. The molecule has 148 valence electrons. The van der Waals surface area contributed by atoms with Crippen LogP contribution in [0.15, 0.2) is 54.9 Å². The van der Waals surface area contributed by atoms with Crippen LogP contribution in [0.1, 0.15) is 42.5 Å². The van der Waals surface area contributed by atoms with Crippen LogP contribution in [-0.2, 0) is 7.05 Å². The minimum Gasteiger partial charge on any atom is -0.342 e. The van der Waals surface area contributed by atoms with Gasteiger partial charge in [0.25, 0.3) is 5.91 Å². The largest absolute Gasteiger partial charge is 0.342 e. The zero-order valence-electron chi connectivity index (χ0n) is 16.6. The summed E-state index contributed by atoms with van der Waals surface area (Å²) in [5.74, 6) is 1.13.